The lowest BCUT2D eigenvalue weighted by Crippen LogP contribution is -2.29. The van der Waals surface area contributed by atoms with Crippen LogP contribution in [0, 0.1) is 4.78 Å². The number of hydrogen-bond acceptors (Lipinski definition) is 7. The summed E-state index contributed by atoms with van der Waals surface area (Å²) in [5.41, 5.74) is -0.155. The van der Waals surface area contributed by atoms with Crippen molar-refractivity contribution < 1.29 is 18.5 Å². The summed E-state index contributed by atoms with van der Waals surface area (Å²) in [5.74, 6) is -0.498. The second kappa shape index (κ2) is 5.83. The Labute approximate surface area is 144 Å². The van der Waals surface area contributed by atoms with E-state index in [1.165, 1.54) is 37.2 Å². The monoisotopic (exact) mass is 365 g/mol. The Morgan fingerprint density at radius 2 is 2.16 bits per heavy atom. The smallest absolute Gasteiger partial charge is 0.343 e. The molecule has 1 unspecified atom stereocenters. The van der Waals surface area contributed by atoms with Crippen LogP contribution in [0.4, 0.5) is 0 Å². The lowest BCUT2D eigenvalue weighted by Gasteiger charge is -2.17. The molecule has 0 radical (unpaired) electrons. The summed E-state index contributed by atoms with van der Waals surface area (Å²) in [6, 6.07) is 3.10. The minimum absolute atomic E-state index is 0.0731. The normalized spacial score (nSPS) is 17.7. The number of aromatic nitrogens is 2. The molecule has 9 heteroatoms. The molecule has 1 N–H and O–H groups in total. The number of fused-ring (bicyclic) bond motifs is 1. The zero-order valence-corrected chi connectivity index (χ0v) is 15.0. The third-order valence-electron chi connectivity index (χ3n) is 4.60. The molecule has 0 amide bonds. The van der Waals surface area contributed by atoms with E-state index in [1.807, 2.05) is 0 Å². The summed E-state index contributed by atoms with van der Waals surface area (Å²) >= 11 is 0. The van der Waals surface area contributed by atoms with E-state index >= 15 is 0 Å². The molecule has 8 nitrogen and oxygen atoms in total. The molecule has 2 aromatic heterocycles. The SMILES string of the molecule is COC(=O)c1cc2ccnc(OCC3(S(C)(=N)=O)CC3)c2n(C)c1=O. The van der Waals surface area contributed by atoms with Crippen molar-refractivity contribution in [3.05, 3.63) is 34.2 Å². The van der Waals surface area contributed by atoms with Gasteiger partial charge in [-0.15, -0.1) is 0 Å². The van der Waals surface area contributed by atoms with Gasteiger partial charge in [-0.1, -0.05) is 0 Å². The van der Waals surface area contributed by atoms with Crippen molar-refractivity contribution in [1.82, 2.24) is 9.55 Å². The first-order valence-electron chi connectivity index (χ1n) is 7.63. The van der Waals surface area contributed by atoms with Gasteiger partial charge in [-0.25, -0.2) is 14.0 Å². The number of ether oxygens (including phenoxy) is 2. The summed E-state index contributed by atoms with van der Waals surface area (Å²) in [5, 5.41) is 0.598. The van der Waals surface area contributed by atoms with E-state index in [9.17, 15) is 13.8 Å². The van der Waals surface area contributed by atoms with Gasteiger partial charge in [0.25, 0.3) is 5.56 Å². The van der Waals surface area contributed by atoms with E-state index in [-0.39, 0.29) is 18.1 Å². The number of methoxy groups -OCH3 is 1. The van der Waals surface area contributed by atoms with Crippen LogP contribution in [0.5, 0.6) is 5.88 Å². The first kappa shape index (κ1) is 17.4. The van der Waals surface area contributed by atoms with Crippen LogP contribution in [0.25, 0.3) is 10.9 Å². The molecule has 0 spiro atoms. The van der Waals surface area contributed by atoms with Gasteiger partial charge < -0.3 is 14.0 Å². The molecular formula is C16H19N3O5S. The largest absolute Gasteiger partial charge is 0.475 e. The van der Waals surface area contributed by atoms with Crippen molar-refractivity contribution in [2.45, 2.75) is 17.6 Å². The number of aryl methyl sites for hydroxylation is 1. The summed E-state index contributed by atoms with van der Waals surface area (Å²) in [6.07, 6.45) is 4.26. The quantitative estimate of drug-likeness (QED) is 0.800. The molecule has 1 fully saturated rings. The van der Waals surface area contributed by atoms with E-state index in [4.69, 9.17) is 9.52 Å². The minimum atomic E-state index is -2.74. The third-order valence-corrected chi connectivity index (χ3v) is 6.78. The molecule has 134 valence electrons. The Bertz CT molecular complexity index is 1020. The van der Waals surface area contributed by atoms with E-state index in [0.29, 0.717) is 23.7 Å². The van der Waals surface area contributed by atoms with E-state index in [0.717, 1.165) is 0 Å². The molecule has 3 rings (SSSR count). The van der Waals surface area contributed by atoms with Gasteiger partial charge in [0.1, 0.15) is 17.7 Å². The van der Waals surface area contributed by atoms with Crippen LogP contribution < -0.4 is 10.3 Å². The van der Waals surface area contributed by atoms with E-state index in [2.05, 4.69) is 9.72 Å². The zero-order valence-electron chi connectivity index (χ0n) is 14.2. The number of carbonyl (C=O) groups is 1. The summed E-state index contributed by atoms with van der Waals surface area (Å²) in [7, 11) is -0.00342. The van der Waals surface area contributed by atoms with E-state index in [1.54, 1.807) is 6.07 Å². The number of rotatable bonds is 5. The Hall–Kier alpha value is -2.42. The highest BCUT2D eigenvalue weighted by atomic mass is 32.2. The van der Waals surface area contributed by atoms with Crippen LogP contribution >= 0.6 is 0 Å². The highest BCUT2D eigenvalue weighted by Gasteiger charge is 2.50. The number of hydrogen-bond donors (Lipinski definition) is 1. The number of nitrogens with zero attached hydrogens (tertiary/aromatic N) is 2. The first-order chi connectivity index (χ1) is 11.7. The van der Waals surface area contributed by atoms with Crippen molar-refractivity contribution in [3.8, 4) is 5.88 Å². The predicted octanol–water partition coefficient (Wildman–Crippen LogP) is 1.31. The molecular weight excluding hydrogens is 346 g/mol. The van der Waals surface area contributed by atoms with Crippen LogP contribution in [-0.4, -0.2) is 44.4 Å². The van der Waals surface area contributed by atoms with Gasteiger partial charge in [-0.3, -0.25) is 9.57 Å². The Balaban J connectivity index is 2.05. The maximum Gasteiger partial charge on any atom is 0.343 e. The maximum atomic E-state index is 12.4. The highest BCUT2D eigenvalue weighted by Crippen LogP contribution is 2.43. The summed E-state index contributed by atoms with van der Waals surface area (Å²) in [4.78, 5) is 28.3. The molecule has 0 aliphatic heterocycles. The fourth-order valence-corrected chi connectivity index (χ4v) is 3.91. The van der Waals surface area contributed by atoms with Gasteiger partial charge in [0.05, 0.1) is 21.6 Å². The van der Waals surface area contributed by atoms with Crippen molar-refractivity contribution in [3.63, 3.8) is 0 Å². The van der Waals surface area contributed by atoms with Crippen molar-refractivity contribution in [2.75, 3.05) is 20.0 Å². The average Bonchev–Trinajstić information content (AvgIpc) is 3.36. The fraction of sp³-hybridized carbons (Fsp3) is 0.438. The van der Waals surface area contributed by atoms with Gasteiger partial charge in [0.15, 0.2) is 0 Å². The summed E-state index contributed by atoms with van der Waals surface area (Å²) in [6.45, 7) is 0.102. The number of esters is 1. The standard InChI is InChI=1S/C16H19N3O5S/c1-19-12-10(8-11(14(19)20)15(21)23-2)4-7-18-13(12)24-9-16(5-6-16)25(3,17)22/h4,7-8,17H,5-6,9H2,1-3H3. The van der Waals surface area contributed by atoms with Gasteiger partial charge in [-0.2, -0.15) is 0 Å². The zero-order chi connectivity index (χ0) is 18.4. The van der Waals surface area contributed by atoms with Gasteiger partial charge >= 0.3 is 5.97 Å². The molecule has 1 atom stereocenters. The van der Waals surface area contributed by atoms with E-state index < -0.39 is 26.0 Å². The third kappa shape index (κ3) is 2.88. The van der Waals surface area contributed by atoms with Gasteiger partial charge in [0.2, 0.25) is 5.88 Å². The van der Waals surface area contributed by atoms with Crippen LogP contribution in [-0.2, 0) is 21.5 Å². The van der Waals surface area contributed by atoms with Gasteiger partial charge in [0, 0.05) is 24.9 Å². The van der Waals surface area contributed by atoms with Crippen LogP contribution in [0.1, 0.15) is 23.2 Å². The highest BCUT2D eigenvalue weighted by molar-refractivity contribution is 7.93. The molecule has 2 heterocycles. The molecule has 0 saturated heterocycles. The molecule has 1 saturated carbocycles. The second-order valence-corrected chi connectivity index (χ2v) is 8.84. The van der Waals surface area contributed by atoms with Crippen LogP contribution in [0.2, 0.25) is 0 Å². The van der Waals surface area contributed by atoms with Crippen molar-refractivity contribution in [1.29, 1.82) is 4.78 Å². The molecule has 0 aromatic carbocycles. The lowest BCUT2D eigenvalue weighted by molar-refractivity contribution is 0.0598. The Morgan fingerprint density at radius 3 is 2.72 bits per heavy atom. The number of carbonyl (C=O) groups excluding carboxylic acids is 1. The maximum absolute atomic E-state index is 12.4. The number of pyridine rings is 2. The van der Waals surface area contributed by atoms with Crippen molar-refractivity contribution >= 4 is 26.6 Å². The topological polar surface area (TPSA) is 111 Å². The number of nitrogens with one attached hydrogen (secondary N) is 1. The predicted molar refractivity (Wildman–Crippen MR) is 92.6 cm³/mol. The fourth-order valence-electron chi connectivity index (χ4n) is 2.75. The first-order valence-corrected chi connectivity index (χ1v) is 9.60. The minimum Gasteiger partial charge on any atom is -0.475 e. The van der Waals surface area contributed by atoms with Crippen LogP contribution in [0.15, 0.2) is 23.1 Å². The molecule has 1 aliphatic rings. The molecule has 2 aromatic rings. The Kier molecular flexibility index (Phi) is 4.06. The van der Waals surface area contributed by atoms with Crippen molar-refractivity contribution in [2.24, 2.45) is 7.05 Å². The van der Waals surface area contributed by atoms with Gasteiger partial charge in [-0.05, 0) is 25.0 Å². The molecule has 0 bridgehead atoms. The Morgan fingerprint density at radius 1 is 1.48 bits per heavy atom. The second-order valence-electron chi connectivity index (χ2n) is 6.28. The summed E-state index contributed by atoms with van der Waals surface area (Å²) < 4.78 is 30.9. The lowest BCUT2D eigenvalue weighted by atomic mass is 10.2. The molecule has 25 heavy (non-hydrogen) atoms. The average molecular weight is 365 g/mol. The molecule has 1 aliphatic carbocycles. The van der Waals surface area contributed by atoms with Crippen LogP contribution in [0.3, 0.4) is 0 Å².